The van der Waals surface area contributed by atoms with Crippen molar-refractivity contribution >= 4 is 0 Å². The Morgan fingerprint density at radius 1 is 1.37 bits per heavy atom. The molecule has 0 amide bonds. The van der Waals surface area contributed by atoms with Crippen molar-refractivity contribution in [3.05, 3.63) is 27.4 Å². The highest BCUT2D eigenvalue weighted by atomic mass is 16.5. The van der Waals surface area contributed by atoms with Crippen molar-refractivity contribution in [2.75, 3.05) is 20.3 Å². The second-order valence-electron chi connectivity index (χ2n) is 5.38. The number of ether oxygens (including phenoxy) is 2. The van der Waals surface area contributed by atoms with Gasteiger partial charge in [-0.05, 0) is 12.8 Å². The molecule has 2 heterocycles. The molecule has 1 aromatic rings. The zero-order chi connectivity index (χ0) is 14.0. The Bertz CT molecular complexity index is 502. The van der Waals surface area contributed by atoms with Gasteiger partial charge in [0.1, 0.15) is 11.4 Å². The lowest BCUT2D eigenvalue weighted by molar-refractivity contribution is -0.100. The zero-order valence-electron chi connectivity index (χ0n) is 12.1. The maximum atomic E-state index is 12.2. The van der Waals surface area contributed by atoms with Crippen LogP contribution in [-0.4, -0.2) is 30.3 Å². The molecule has 5 heteroatoms. The Morgan fingerprint density at radius 3 is 2.47 bits per heavy atom. The number of hydrogen-bond donors (Lipinski definition) is 1. The van der Waals surface area contributed by atoms with Crippen molar-refractivity contribution in [2.24, 2.45) is 0 Å². The van der Waals surface area contributed by atoms with E-state index in [-0.39, 0.29) is 11.5 Å². The highest BCUT2D eigenvalue weighted by molar-refractivity contribution is 5.22. The molecule has 1 fully saturated rings. The molecule has 106 valence electrons. The molecular weight excluding hydrogens is 244 g/mol. The molecule has 1 N–H and O–H groups in total. The van der Waals surface area contributed by atoms with Crippen molar-refractivity contribution in [2.45, 2.75) is 45.1 Å². The normalized spacial score (nSPS) is 18.8. The van der Waals surface area contributed by atoms with E-state index in [9.17, 15) is 4.79 Å². The molecule has 2 rings (SSSR count). The molecule has 0 aromatic carbocycles. The van der Waals surface area contributed by atoms with Crippen molar-refractivity contribution in [1.29, 1.82) is 0 Å². The molecular formula is C14H22N2O3. The fourth-order valence-corrected chi connectivity index (χ4v) is 2.73. The molecule has 5 nitrogen and oxygen atoms in total. The first kappa shape index (κ1) is 14.2. The predicted molar refractivity (Wildman–Crippen MR) is 72.4 cm³/mol. The fourth-order valence-electron chi connectivity index (χ4n) is 2.73. The van der Waals surface area contributed by atoms with Crippen molar-refractivity contribution in [1.82, 2.24) is 9.97 Å². The minimum Gasteiger partial charge on any atom is -0.381 e. The first-order valence-corrected chi connectivity index (χ1v) is 6.74. The Kier molecular flexibility index (Phi) is 4.06. The van der Waals surface area contributed by atoms with Crippen LogP contribution in [0.2, 0.25) is 0 Å². The fraction of sp³-hybridized carbons (Fsp3) is 0.714. The summed E-state index contributed by atoms with van der Waals surface area (Å²) in [5.74, 6) is 0.795. The molecule has 0 atom stereocenters. The van der Waals surface area contributed by atoms with Crippen LogP contribution in [0.25, 0.3) is 0 Å². The summed E-state index contributed by atoms with van der Waals surface area (Å²) in [6.45, 7) is 7.14. The maximum absolute atomic E-state index is 12.2. The van der Waals surface area contributed by atoms with E-state index >= 15 is 0 Å². The van der Waals surface area contributed by atoms with Crippen LogP contribution in [0.5, 0.6) is 0 Å². The van der Waals surface area contributed by atoms with E-state index in [2.05, 4.69) is 9.97 Å². The van der Waals surface area contributed by atoms with E-state index in [1.807, 2.05) is 20.8 Å². The quantitative estimate of drug-likeness (QED) is 0.907. The molecule has 0 spiro atoms. The number of methoxy groups -OCH3 is 1. The Labute approximate surface area is 113 Å². The molecule has 1 saturated heterocycles. The van der Waals surface area contributed by atoms with Gasteiger partial charge < -0.3 is 14.5 Å². The third-order valence-electron chi connectivity index (χ3n) is 3.85. The minimum absolute atomic E-state index is 0.0552. The number of rotatable bonds is 3. The van der Waals surface area contributed by atoms with Crippen molar-refractivity contribution in [3.8, 4) is 0 Å². The number of hydrogen-bond acceptors (Lipinski definition) is 4. The van der Waals surface area contributed by atoms with Crippen LogP contribution in [-0.2, 0) is 15.1 Å². The smallest absolute Gasteiger partial charge is 0.254 e. The number of nitrogens with one attached hydrogen (secondary N) is 1. The van der Waals surface area contributed by atoms with Gasteiger partial charge in [0.05, 0.1) is 0 Å². The van der Waals surface area contributed by atoms with Gasteiger partial charge in [0.2, 0.25) is 0 Å². The lowest BCUT2D eigenvalue weighted by Gasteiger charge is -2.35. The van der Waals surface area contributed by atoms with Crippen molar-refractivity contribution in [3.63, 3.8) is 0 Å². The molecule has 19 heavy (non-hydrogen) atoms. The first-order chi connectivity index (χ1) is 9.00. The third kappa shape index (κ3) is 2.58. The number of H-pyrrole nitrogens is 1. The molecule has 0 saturated carbocycles. The Hall–Kier alpha value is -1.20. The van der Waals surface area contributed by atoms with E-state index in [0.29, 0.717) is 31.9 Å². The van der Waals surface area contributed by atoms with Crippen molar-refractivity contribution < 1.29 is 9.47 Å². The summed E-state index contributed by atoms with van der Waals surface area (Å²) in [6, 6.07) is 0. The second-order valence-corrected chi connectivity index (χ2v) is 5.38. The summed E-state index contributed by atoms with van der Waals surface area (Å²) in [7, 11) is 1.66. The van der Waals surface area contributed by atoms with Gasteiger partial charge in [-0.1, -0.05) is 13.8 Å². The first-order valence-electron chi connectivity index (χ1n) is 6.74. The molecule has 0 radical (unpaired) electrons. The van der Waals surface area contributed by atoms with Gasteiger partial charge in [-0.2, -0.15) is 0 Å². The maximum Gasteiger partial charge on any atom is 0.254 e. The van der Waals surface area contributed by atoms with Gasteiger partial charge in [-0.25, -0.2) is 4.98 Å². The molecule has 1 aliphatic rings. The number of aromatic nitrogens is 2. The summed E-state index contributed by atoms with van der Waals surface area (Å²) in [6.07, 6.45) is 1.43. The second kappa shape index (κ2) is 5.43. The van der Waals surface area contributed by atoms with Gasteiger partial charge in [-0.3, -0.25) is 4.79 Å². The van der Waals surface area contributed by atoms with Gasteiger partial charge in [0.25, 0.3) is 5.56 Å². The largest absolute Gasteiger partial charge is 0.381 e. The van der Waals surface area contributed by atoms with Crippen LogP contribution < -0.4 is 5.56 Å². The molecule has 0 aliphatic carbocycles. The SMILES string of the molecule is COC1(c2nc(C)c(C(C)C)c(=O)[nH]2)CCOCC1. The van der Waals surface area contributed by atoms with Gasteiger partial charge in [0, 0.05) is 44.4 Å². The highest BCUT2D eigenvalue weighted by Gasteiger charge is 2.37. The van der Waals surface area contributed by atoms with E-state index in [4.69, 9.17) is 9.47 Å². The van der Waals surface area contributed by atoms with Crippen LogP contribution in [0, 0.1) is 6.92 Å². The molecule has 0 unspecified atom stereocenters. The number of aryl methyl sites for hydroxylation is 1. The summed E-state index contributed by atoms with van der Waals surface area (Å²) in [5, 5.41) is 0. The summed E-state index contributed by atoms with van der Waals surface area (Å²) in [4.78, 5) is 19.7. The molecule has 1 aliphatic heterocycles. The van der Waals surface area contributed by atoms with Crippen LogP contribution in [0.15, 0.2) is 4.79 Å². The van der Waals surface area contributed by atoms with E-state index < -0.39 is 5.60 Å². The number of aromatic amines is 1. The van der Waals surface area contributed by atoms with E-state index in [1.165, 1.54) is 0 Å². The van der Waals surface area contributed by atoms with Crippen LogP contribution >= 0.6 is 0 Å². The summed E-state index contributed by atoms with van der Waals surface area (Å²) >= 11 is 0. The summed E-state index contributed by atoms with van der Waals surface area (Å²) < 4.78 is 11.0. The van der Waals surface area contributed by atoms with Crippen LogP contribution in [0.3, 0.4) is 0 Å². The van der Waals surface area contributed by atoms with Gasteiger partial charge >= 0.3 is 0 Å². The van der Waals surface area contributed by atoms with E-state index in [0.717, 1.165) is 11.3 Å². The van der Waals surface area contributed by atoms with Crippen LogP contribution in [0.4, 0.5) is 0 Å². The highest BCUT2D eigenvalue weighted by Crippen LogP contribution is 2.33. The molecule has 0 bridgehead atoms. The minimum atomic E-state index is -0.516. The molecule has 1 aromatic heterocycles. The monoisotopic (exact) mass is 266 g/mol. The standard InChI is InChI=1S/C14H22N2O3/c1-9(2)11-10(3)15-13(16-12(11)17)14(18-4)5-7-19-8-6-14/h9H,5-8H2,1-4H3,(H,15,16,17). The lowest BCUT2D eigenvalue weighted by atomic mass is 9.92. The van der Waals surface area contributed by atoms with Crippen LogP contribution in [0.1, 0.15) is 49.7 Å². The predicted octanol–water partition coefficient (Wildman–Crippen LogP) is 1.85. The average Bonchev–Trinajstić information content (AvgIpc) is 2.38. The topological polar surface area (TPSA) is 64.2 Å². The Morgan fingerprint density at radius 2 is 2.00 bits per heavy atom. The lowest BCUT2D eigenvalue weighted by Crippen LogP contribution is -2.39. The Balaban J connectivity index is 2.48. The summed E-state index contributed by atoms with van der Waals surface area (Å²) in [5.41, 5.74) is 0.969. The van der Waals surface area contributed by atoms with Gasteiger partial charge in [0.15, 0.2) is 0 Å². The van der Waals surface area contributed by atoms with E-state index in [1.54, 1.807) is 7.11 Å². The average molecular weight is 266 g/mol. The third-order valence-corrected chi connectivity index (χ3v) is 3.85. The van der Waals surface area contributed by atoms with Gasteiger partial charge in [-0.15, -0.1) is 0 Å². The zero-order valence-corrected chi connectivity index (χ0v) is 12.1. The number of nitrogens with zero attached hydrogens (tertiary/aromatic N) is 1.